The number of benzene rings is 7. The molecule has 222 valence electrons. The molecule has 9 rings (SSSR count). The summed E-state index contributed by atoms with van der Waals surface area (Å²) in [6.45, 7) is 0. The molecule has 0 amide bonds. The van der Waals surface area contributed by atoms with Crippen LogP contribution in [-0.4, -0.2) is 4.98 Å². The number of fused-ring (bicyclic) bond motifs is 5. The third-order valence-electron chi connectivity index (χ3n) is 8.70. The van der Waals surface area contributed by atoms with Gasteiger partial charge in [-0.05, 0) is 77.4 Å². The Hall–Kier alpha value is -6.39. The Kier molecular flexibility index (Phi) is 6.43. The molecule has 2 heterocycles. The van der Waals surface area contributed by atoms with Crippen molar-refractivity contribution in [1.29, 1.82) is 0 Å². The summed E-state index contributed by atoms with van der Waals surface area (Å²) in [5.41, 5.74) is 11.8. The Labute approximate surface area is 271 Å². The van der Waals surface area contributed by atoms with Crippen LogP contribution in [0.4, 0.5) is 17.1 Å². The van der Waals surface area contributed by atoms with Crippen molar-refractivity contribution in [2.75, 3.05) is 4.90 Å². The van der Waals surface area contributed by atoms with Crippen LogP contribution in [-0.2, 0) is 0 Å². The van der Waals surface area contributed by atoms with E-state index in [0.717, 1.165) is 66.8 Å². The summed E-state index contributed by atoms with van der Waals surface area (Å²) in [5, 5.41) is 1.92. The van der Waals surface area contributed by atoms with E-state index in [4.69, 9.17) is 13.8 Å². The van der Waals surface area contributed by atoms with Gasteiger partial charge >= 0.3 is 0 Å². The highest BCUT2D eigenvalue weighted by atomic mass is 16.4. The third kappa shape index (κ3) is 4.75. The van der Waals surface area contributed by atoms with Crippen LogP contribution in [0.2, 0.25) is 0 Å². The maximum atomic E-state index is 6.52. The second-order valence-electron chi connectivity index (χ2n) is 11.6. The van der Waals surface area contributed by atoms with Gasteiger partial charge in [-0.25, -0.2) is 4.98 Å². The summed E-state index contributed by atoms with van der Waals surface area (Å²) in [6, 6.07) is 58.7. The molecule has 47 heavy (non-hydrogen) atoms. The molecule has 9 aromatic rings. The Morgan fingerprint density at radius 1 is 0.447 bits per heavy atom. The summed E-state index contributed by atoms with van der Waals surface area (Å²) < 4.78 is 12.9. The lowest BCUT2D eigenvalue weighted by atomic mass is 9.96. The molecule has 0 saturated carbocycles. The fraction of sp³-hybridized carbons (Fsp3) is 0. The largest absolute Gasteiger partial charge is 0.456 e. The Morgan fingerprint density at radius 3 is 1.83 bits per heavy atom. The molecule has 0 aliphatic rings. The van der Waals surface area contributed by atoms with E-state index in [9.17, 15) is 0 Å². The summed E-state index contributed by atoms with van der Waals surface area (Å²) in [4.78, 5) is 7.10. The van der Waals surface area contributed by atoms with Crippen LogP contribution in [0.5, 0.6) is 0 Å². The minimum absolute atomic E-state index is 0.599. The van der Waals surface area contributed by atoms with E-state index >= 15 is 0 Å². The molecular formula is C43H28N2O2. The summed E-state index contributed by atoms with van der Waals surface area (Å²) in [6.07, 6.45) is 0. The zero-order valence-corrected chi connectivity index (χ0v) is 25.4. The number of oxazole rings is 1. The van der Waals surface area contributed by atoms with E-state index in [1.165, 1.54) is 11.1 Å². The molecule has 0 fully saturated rings. The van der Waals surface area contributed by atoms with E-state index in [2.05, 4.69) is 126 Å². The third-order valence-corrected chi connectivity index (χ3v) is 8.70. The average molecular weight is 605 g/mol. The van der Waals surface area contributed by atoms with Gasteiger partial charge in [0.15, 0.2) is 5.58 Å². The van der Waals surface area contributed by atoms with Gasteiger partial charge in [-0.1, -0.05) is 103 Å². The standard InChI is InChI=1S/C43H28N2O2/c1-5-13-29(14-6-1)32-21-25-38(36(27-32)30-15-7-2-8-16-30)45(33-19-11-4-12-20-33)34-22-23-35-40(28-34)46-39-26-24-37-42(41(35)39)47-43(44-37)31-17-9-3-10-18-31/h1-28H. The van der Waals surface area contributed by atoms with Gasteiger partial charge in [0.1, 0.15) is 16.7 Å². The van der Waals surface area contributed by atoms with E-state index in [1.54, 1.807) is 0 Å². The van der Waals surface area contributed by atoms with Crippen LogP contribution in [0, 0.1) is 0 Å². The second-order valence-corrected chi connectivity index (χ2v) is 11.6. The molecule has 4 heteroatoms. The van der Waals surface area contributed by atoms with Crippen LogP contribution in [0.3, 0.4) is 0 Å². The summed E-state index contributed by atoms with van der Waals surface area (Å²) in [5.74, 6) is 0.599. The predicted molar refractivity (Wildman–Crippen MR) is 192 cm³/mol. The highest BCUT2D eigenvalue weighted by Crippen LogP contribution is 2.44. The van der Waals surface area contributed by atoms with Crippen LogP contribution < -0.4 is 4.90 Å². The lowest BCUT2D eigenvalue weighted by Gasteiger charge is -2.28. The lowest BCUT2D eigenvalue weighted by Crippen LogP contribution is -2.11. The van der Waals surface area contributed by atoms with Gasteiger partial charge in [0, 0.05) is 34.0 Å². The van der Waals surface area contributed by atoms with Crippen molar-refractivity contribution in [3.8, 4) is 33.7 Å². The normalized spacial score (nSPS) is 11.4. The molecular weight excluding hydrogens is 576 g/mol. The molecule has 0 spiro atoms. The second kappa shape index (κ2) is 11.2. The Morgan fingerprint density at radius 2 is 1.11 bits per heavy atom. The lowest BCUT2D eigenvalue weighted by molar-refractivity contribution is 0.622. The molecule has 4 nitrogen and oxygen atoms in total. The molecule has 0 aliphatic carbocycles. The molecule has 0 saturated heterocycles. The maximum Gasteiger partial charge on any atom is 0.227 e. The minimum Gasteiger partial charge on any atom is -0.456 e. The van der Waals surface area contributed by atoms with Crippen LogP contribution in [0.1, 0.15) is 0 Å². The highest BCUT2D eigenvalue weighted by molar-refractivity contribution is 6.17. The molecule has 0 unspecified atom stereocenters. The van der Waals surface area contributed by atoms with Gasteiger partial charge in [-0.3, -0.25) is 0 Å². The first-order valence-electron chi connectivity index (χ1n) is 15.7. The van der Waals surface area contributed by atoms with Gasteiger partial charge in [-0.15, -0.1) is 0 Å². The number of hydrogen-bond acceptors (Lipinski definition) is 4. The molecule has 0 atom stereocenters. The van der Waals surface area contributed by atoms with Crippen molar-refractivity contribution < 1.29 is 8.83 Å². The number of hydrogen-bond donors (Lipinski definition) is 0. The number of nitrogens with zero attached hydrogens (tertiary/aromatic N) is 2. The van der Waals surface area contributed by atoms with Crippen LogP contribution in [0.25, 0.3) is 66.7 Å². The SMILES string of the molecule is c1ccc(-c2ccc(N(c3ccccc3)c3ccc4c(c3)oc3ccc5nc(-c6ccccc6)oc5c34)c(-c3ccccc3)c2)cc1. The minimum atomic E-state index is 0.599. The number of aromatic nitrogens is 1. The zero-order valence-electron chi connectivity index (χ0n) is 25.4. The van der Waals surface area contributed by atoms with Crippen molar-refractivity contribution in [2.24, 2.45) is 0 Å². The van der Waals surface area contributed by atoms with E-state index in [1.807, 2.05) is 48.5 Å². The smallest absolute Gasteiger partial charge is 0.227 e. The van der Waals surface area contributed by atoms with Gasteiger partial charge in [-0.2, -0.15) is 0 Å². The van der Waals surface area contributed by atoms with Crippen molar-refractivity contribution >= 4 is 50.1 Å². The van der Waals surface area contributed by atoms with E-state index in [0.29, 0.717) is 5.89 Å². The number of furan rings is 1. The Balaban J connectivity index is 1.24. The van der Waals surface area contributed by atoms with Crippen LogP contribution in [0.15, 0.2) is 179 Å². The van der Waals surface area contributed by atoms with Crippen molar-refractivity contribution in [1.82, 2.24) is 4.98 Å². The van der Waals surface area contributed by atoms with Gasteiger partial charge in [0.25, 0.3) is 0 Å². The molecule has 2 aromatic heterocycles. The molecule has 7 aromatic carbocycles. The number of anilines is 3. The zero-order chi connectivity index (χ0) is 31.2. The van der Waals surface area contributed by atoms with E-state index < -0.39 is 0 Å². The first-order valence-corrected chi connectivity index (χ1v) is 15.7. The fourth-order valence-electron chi connectivity index (χ4n) is 6.47. The van der Waals surface area contributed by atoms with Gasteiger partial charge < -0.3 is 13.7 Å². The molecule has 0 bridgehead atoms. The summed E-state index contributed by atoms with van der Waals surface area (Å²) >= 11 is 0. The quantitative estimate of drug-likeness (QED) is 0.189. The predicted octanol–water partition coefficient (Wildman–Crippen LogP) is 12.2. The molecule has 0 aliphatic heterocycles. The monoisotopic (exact) mass is 604 g/mol. The molecule has 0 N–H and O–H groups in total. The average Bonchev–Trinajstić information content (AvgIpc) is 3.75. The van der Waals surface area contributed by atoms with Crippen molar-refractivity contribution in [3.63, 3.8) is 0 Å². The first kappa shape index (κ1) is 27.0. The van der Waals surface area contributed by atoms with Crippen molar-refractivity contribution in [3.05, 3.63) is 170 Å². The van der Waals surface area contributed by atoms with Gasteiger partial charge in [0.2, 0.25) is 5.89 Å². The van der Waals surface area contributed by atoms with Crippen molar-refractivity contribution in [2.45, 2.75) is 0 Å². The number of para-hydroxylation sites is 1. The summed E-state index contributed by atoms with van der Waals surface area (Å²) in [7, 11) is 0. The first-order chi connectivity index (χ1) is 23.3. The van der Waals surface area contributed by atoms with Gasteiger partial charge in [0.05, 0.1) is 11.1 Å². The van der Waals surface area contributed by atoms with E-state index in [-0.39, 0.29) is 0 Å². The Bertz CT molecular complexity index is 2500. The van der Waals surface area contributed by atoms with Crippen LogP contribution >= 0.6 is 0 Å². The number of rotatable bonds is 6. The maximum absolute atomic E-state index is 6.52. The molecule has 0 radical (unpaired) electrons. The highest BCUT2D eigenvalue weighted by Gasteiger charge is 2.21. The fourth-order valence-corrected chi connectivity index (χ4v) is 6.47. The topological polar surface area (TPSA) is 42.4 Å².